The second-order valence-electron chi connectivity index (χ2n) is 5.18. The molecule has 0 radical (unpaired) electrons. The molecule has 1 aromatic heterocycles. The summed E-state index contributed by atoms with van der Waals surface area (Å²) in [6.45, 7) is 6.59. The second-order valence-corrected chi connectivity index (χ2v) is 5.18. The number of aryl methyl sites for hydroxylation is 1. The summed E-state index contributed by atoms with van der Waals surface area (Å²) in [5.74, 6) is 0. The molecule has 2 aromatic rings. The lowest BCUT2D eigenvalue weighted by Crippen LogP contribution is -2.13. The maximum atomic E-state index is 4.57. The van der Waals surface area contributed by atoms with E-state index in [-0.39, 0.29) is 5.41 Å². The molecular weight excluding hydrogens is 196 g/mol. The zero-order valence-corrected chi connectivity index (χ0v) is 10.4. The molecule has 0 saturated heterocycles. The summed E-state index contributed by atoms with van der Waals surface area (Å²) >= 11 is 0. The van der Waals surface area contributed by atoms with Gasteiger partial charge in [-0.1, -0.05) is 51.1 Å². The Kier molecular flexibility index (Phi) is 2.58. The summed E-state index contributed by atoms with van der Waals surface area (Å²) in [4.78, 5) is 0. The van der Waals surface area contributed by atoms with E-state index in [0.717, 1.165) is 5.69 Å². The molecule has 2 rings (SSSR count). The highest BCUT2D eigenvalue weighted by Gasteiger charge is 2.22. The predicted molar refractivity (Wildman–Crippen MR) is 67.3 cm³/mol. The number of nitrogens with zero attached hydrogens (tertiary/aromatic N) is 2. The summed E-state index contributed by atoms with van der Waals surface area (Å²) in [7, 11) is 1.97. The third-order valence-corrected chi connectivity index (χ3v) is 2.62. The van der Waals surface area contributed by atoms with Gasteiger partial charge in [-0.15, -0.1) is 0 Å². The Morgan fingerprint density at radius 3 is 2.25 bits per heavy atom. The van der Waals surface area contributed by atoms with Crippen molar-refractivity contribution in [2.24, 2.45) is 7.05 Å². The molecule has 2 heteroatoms. The smallest absolute Gasteiger partial charge is 0.0756 e. The molecule has 0 saturated carbocycles. The Balaban J connectivity index is 2.58. The Morgan fingerprint density at radius 1 is 1.06 bits per heavy atom. The molecule has 1 heterocycles. The molecule has 0 fully saturated rings. The fourth-order valence-corrected chi connectivity index (χ4v) is 1.87. The summed E-state index contributed by atoms with van der Waals surface area (Å²) in [5, 5.41) is 4.57. The van der Waals surface area contributed by atoms with Crippen molar-refractivity contribution in [3.05, 3.63) is 42.2 Å². The predicted octanol–water partition coefficient (Wildman–Crippen LogP) is 3.38. The maximum absolute atomic E-state index is 4.57. The molecule has 0 aliphatic carbocycles. The van der Waals surface area contributed by atoms with Gasteiger partial charge in [-0.3, -0.25) is 4.68 Å². The van der Waals surface area contributed by atoms with E-state index in [2.05, 4.69) is 56.3 Å². The van der Waals surface area contributed by atoms with E-state index in [1.54, 1.807) is 0 Å². The van der Waals surface area contributed by atoms with Crippen molar-refractivity contribution in [1.82, 2.24) is 9.78 Å². The molecule has 16 heavy (non-hydrogen) atoms. The number of hydrogen-bond donors (Lipinski definition) is 0. The lowest BCUT2D eigenvalue weighted by atomic mass is 9.87. The normalized spacial score (nSPS) is 11.8. The minimum absolute atomic E-state index is 0.0758. The number of aromatic nitrogens is 2. The minimum Gasteiger partial charge on any atom is -0.275 e. The van der Waals surface area contributed by atoms with Crippen LogP contribution in [0.5, 0.6) is 0 Å². The molecule has 0 atom stereocenters. The standard InChI is InChI=1S/C14H18N2/c1-14(2,3)13-12(10-16(4)15-13)11-8-6-5-7-9-11/h5-10H,1-4H3. The van der Waals surface area contributed by atoms with Crippen LogP contribution in [0.1, 0.15) is 26.5 Å². The van der Waals surface area contributed by atoms with Crippen LogP contribution < -0.4 is 0 Å². The van der Waals surface area contributed by atoms with Crippen LogP contribution in [-0.2, 0) is 12.5 Å². The van der Waals surface area contributed by atoms with Crippen molar-refractivity contribution in [1.29, 1.82) is 0 Å². The van der Waals surface area contributed by atoms with E-state index in [9.17, 15) is 0 Å². The highest BCUT2D eigenvalue weighted by molar-refractivity contribution is 5.66. The van der Waals surface area contributed by atoms with Crippen molar-refractivity contribution < 1.29 is 0 Å². The SMILES string of the molecule is Cn1cc(-c2ccccc2)c(C(C)(C)C)n1. The zero-order chi connectivity index (χ0) is 11.8. The number of hydrogen-bond acceptors (Lipinski definition) is 1. The van der Waals surface area contributed by atoms with Crippen LogP contribution in [0.25, 0.3) is 11.1 Å². The monoisotopic (exact) mass is 214 g/mol. The molecule has 84 valence electrons. The highest BCUT2D eigenvalue weighted by Crippen LogP contribution is 2.31. The number of rotatable bonds is 1. The minimum atomic E-state index is 0.0758. The van der Waals surface area contributed by atoms with Crippen molar-refractivity contribution in [3.63, 3.8) is 0 Å². The molecule has 0 aliphatic heterocycles. The van der Waals surface area contributed by atoms with E-state index in [4.69, 9.17) is 0 Å². The van der Waals surface area contributed by atoms with Gasteiger partial charge < -0.3 is 0 Å². The van der Waals surface area contributed by atoms with E-state index in [0.29, 0.717) is 0 Å². The molecule has 1 aromatic carbocycles. The van der Waals surface area contributed by atoms with Gasteiger partial charge in [0.1, 0.15) is 0 Å². The van der Waals surface area contributed by atoms with Gasteiger partial charge in [0, 0.05) is 24.2 Å². The van der Waals surface area contributed by atoms with Crippen LogP contribution in [-0.4, -0.2) is 9.78 Å². The van der Waals surface area contributed by atoms with Crippen LogP contribution in [0.15, 0.2) is 36.5 Å². The van der Waals surface area contributed by atoms with E-state index < -0.39 is 0 Å². The molecule has 0 unspecified atom stereocenters. The quantitative estimate of drug-likeness (QED) is 0.711. The molecule has 0 amide bonds. The van der Waals surface area contributed by atoms with Crippen molar-refractivity contribution in [2.45, 2.75) is 26.2 Å². The topological polar surface area (TPSA) is 17.8 Å². The van der Waals surface area contributed by atoms with Crippen LogP contribution >= 0.6 is 0 Å². The first-order valence-corrected chi connectivity index (χ1v) is 5.58. The van der Waals surface area contributed by atoms with Gasteiger partial charge in [-0.25, -0.2) is 0 Å². The van der Waals surface area contributed by atoms with Crippen molar-refractivity contribution in [2.75, 3.05) is 0 Å². The molecule has 0 spiro atoms. The van der Waals surface area contributed by atoms with Gasteiger partial charge in [0.2, 0.25) is 0 Å². The Morgan fingerprint density at radius 2 is 1.69 bits per heavy atom. The molecule has 0 N–H and O–H groups in total. The molecule has 0 aliphatic rings. The Labute approximate surface area is 96.9 Å². The van der Waals surface area contributed by atoms with Gasteiger partial charge in [0.15, 0.2) is 0 Å². The van der Waals surface area contributed by atoms with Gasteiger partial charge in [0.25, 0.3) is 0 Å². The fraction of sp³-hybridized carbons (Fsp3) is 0.357. The third kappa shape index (κ3) is 2.01. The van der Waals surface area contributed by atoms with E-state index in [1.807, 2.05) is 17.8 Å². The molecule has 2 nitrogen and oxygen atoms in total. The molecule has 0 bridgehead atoms. The average molecular weight is 214 g/mol. The van der Waals surface area contributed by atoms with Gasteiger partial charge in [-0.2, -0.15) is 5.10 Å². The van der Waals surface area contributed by atoms with Crippen molar-refractivity contribution in [3.8, 4) is 11.1 Å². The van der Waals surface area contributed by atoms with Crippen LogP contribution in [0.2, 0.25) is 0 Å². The first-order chi connectivity index (χ1) is 7.48. The van der Waals surface area contributed by atoms with Gasteiger partial charge in [0.05, 0.1) is 5.69 Å². The number of benzene rings is 1. The second kappa shape index (κ2) is 3.78. The van der Waals surface area contributed by atoms with Gasteiger partial charge >= 0.3 is 0 Å². The van der Waals surface area contributed by atoms with E-state index >= 15 is 0 Å². The maximum Gasteiger partial charge on any atom is 0.0756 e. The van der Waals surface area contributed by atoms with Crippen molar-refractivity contribution >= 4 is 0 Å². The summed E-state index contributed by atoms with van der Waals surface area (Å²) in [5.41, 5.74) is 3.70. The molecular formula is C14H18N2. The summed E-state index contributed by atoms with van der Waals surface area (Å²) < 4.78 is 1.89. The summed E-state index contributed by atoms with van der Waals surface area (Å²) in [6, 6.07) is 10.4. The third-order valence-electron chi connectivity index (χ3n) is 2.62. The Bertz CT molecular complexity index is 475. The lowest BCUT2D eigenvalue weighted by molar-refractivity contribution is 0.554. The lowest BCUT2D eigenvalue weighted by Gasteiger charge is -2.17. The average Bonchev–Trinajstić information content (AvgIpc) is 2.61. The van der Waals surface area contributed by atoms with Crippen LogP contribution in [0.4, 0.5) is 0 Å². The van der Waals surface area contributed by atoms with E-state index in [1.165, 1.54) is 11.1 Å². The fourth-order valence-electron chi connectivity index (χ4n) is 1.87. The Hall–Kier alpha value is -1.57. The van der Waals surface area contributed by atoms with Crippen LogP contribution in [0.3, 0.4) is 0 Å². The largest absolute Gasteiger partial charge is 0.275 e. The first-order valence-electron chi connectivity index (χ1n) is 5.58. The summed E-state index contributed by atoms with van der Waals surface area (Å²) in [6.07, 6.45) is 2.09. The highest BCUT2D eigenvalue weighted by atomic mass is 15.3. The van der Waals surface area contributed by atoms with Gasteiger partial charge in [-0.05, 0) is 5.56 Å². The zero-order valence-electron chi connectivity index (χ0n) is 10.4. The van der Waals surface area contributed by atoms with Crippen LogP contribution in [0, 0.1) is 0 Å². The first kappa shape index (κ1) is 10.9.